The molecule has 1 aliphatic carbocycles. The second-order valence-electron chi connectivity index (χ2n) is 11.6. The number of rotatable bonds is 12. The number of hydrogen-bond acceptors (Lipinski definition) is 4. The van der Waals surface area contributed by atoms with Crippen molar-refractivity contribution >= 4 is 62.3 Å². The predicted molar refractivity (Wildman–Crippen MR) is 188 cm³/mol. The van der Waals surface area contributed by atoms with Crippen molar-refractivity contribution in [2.45, 2.75) is 62.0 Å². The fourth-order valence-corrected chi connectivity index (χ4v) is 7.94. The van der Waals surface area contributed by atoms with Crippen molar-refractivity contribution < 1.29 is 18.0 Å². The Balaban J connectivity index is 1.58. The Morgan fingerprint density at radius 2 is 1.40 bits per heavy atom. The topological polar surface area (TPSA) is 86.8 Å². The van der Waals surface area contributed by atoms with Gasteiger partial charge in [0.05, 0.1) is 15.6 Å². The number of nitrogens with zero attached hydrogens (tertiary/aromatic N) is 2. The molecule has 1 fully saturated rings. The molecule has 0 saturated heterocycles. The summed E-state index contributed by atoms with van der Waals surface area (Å²) in [5.74, 6) is -0.894. The Labute approximate surface area is 291 Å². The van der Waals surface area contributed by atoms with Crippen molar-refractivity contribution in [1.29, 1.82) is 0 Å². The largest absolute Gasteiger partial charge is 0.352 e. The average molecular weight is 713 g/mol. The van der Waals surface area contributed by atoms with Gasteiger partial charge in [0.1, 0.15) is 12.6 Å². The van der Waals surface area contributed by atoms with Crippen LogP contribution in [-0.2, 0) is 32.6 Å². The number of nitrogens with one attached hydrogen (secondary N) is 1. The van der Waals surface area contributed by atoms with Gasteiger partial charge in [-0.25, -0.2) is 8.42 Å². The third-order valence-corrected chi connectivity index (χ3v) is 10.8. The van der Waals surface area contributed by atoms with Gasteiger partial charge in [0.15, 0.2) is 0 Å². The van der Waals surface area contributed by atoms with Crippen molar-refractivity contribution in [3.8, 4) is 0 Å². The van der Waals surface area contributed by atoms with Gasteiger partial charge < -0.3 is 10.2 Å². The Bertz CT molecular complexity index is 1790. The molecule has 1 aliphatic rings. The van der Waals surface area contributed by atoms with Crippen molar-refractivity contribution in [2.24, 2.45) is 0 Å². The molecular weight excluding hydrogens is 677 g/mol. The molecule has 4 aromatic rings. The van der Waals surface area contributed by atoms with Crippen LogP contribution in [0.2, 0.25) is 15.1 Å². The molecule has 5 rings (SSSR count). The van der Waals surface area contributed by atoms with Gasteiger partial charge in [-0.1, -0.05) is 115 Å². The molecule has 1 atom stereocenters. The maximum atomic E-state index is 14.6. The monoisotopic (exact) mass is 711 g/mol. The summed E-state index contributed by atoms with van der Waals surface area (Å²) in [5.41, 5.74) is 1.59. The van der Waals surface area contributed by atoms with Crippen molar-refractivity contribution in [1.82, 2.24) is 10.2 Å². The minimum atomic E-state index is -4.31. The van der Waals surface area contributed by atoms with E-state index in [4.69, 9.17) is 34.8 Å². The molecule has 1 N–H and O–H groups in total. The molecule has 47 heavy (non-hydrogen) atoms. The lowest BCUT2D eigenvalue weighted by Crippen LogP contribution is -2.55. The van der Waals surface area contributed by atoms with Crippen LogP contribution in [0.4, 0.5) is 5.69 Å². The number of carbonyl (C=O) groups excluding carboxylic acids is 2. The van der Waals surface area contributed by atoms with E-state index in [1.165, 1.54) is 29.2 Å². The average Bonchev–Trinajstić information content (AvgIpc) is 3.07. The third kappa shape index (κ3) is 9.08. The van der Waals surface area contributed by atoms with E-state index < -0.39 is 28.5 Å². The molecule has 0 bridgehead atoms. The number of anilines is 1. The van der Waals surface area contributed by atoms with Crippen LogP contribution in [0.1, 0.15) is 43.2 Å². The normalized spacial score (nSPS) is 14.3. The van der Waals surface area contributed by atoms with Crippen LogP contribution in [0.25, 0.3) is 0 Å². The molecule has 1 saturated carbocycles. The van der Waals surface area contributed by atoms with Gasteiger partial charge in [-0.05, 0) is 66.4 Å². The lowest BCUT2D eigenvalue weighted by Gasteiger charge is -2.35. The fraction of sp³-hybridized carbons (Fsp3) is 0.278. The van der Waals surface area contributed by atoms with Gasteiger partial charge in [-0.15, -0.1) is 0 Å². The molecular formula is C36H36Cl3N3O4S. The zero-order chi connectivity index (χ0) is 33.4. The van der Waals surface area contributed by atoms with Crippen LogP contribution in [0.15, 0.2) is 108 Å². The zero-order valence-electron chi connectivity index (χ0n) is 25.7. The highest BCUT2D eigenvalue weighted by molar-refractivity contribution is 7.92. The molecule has 7 nitrogen and oxygen atoms in total. The number of benzene rings is 4. The van der Waals surface area contributed by atoms with E-state index in [9.17, 15) is 18.0 Å². The molecule has 2 amide bonds. The maximum absolute atomic E-state index is 14.6. The summed E-state index contributed by atoms with van der Waals surface area (Å²) < 4.78 is 29.3. The summed E-state index contributed by atoms with van der Waals surface area (Å²) in [6.07, 6.45) is 5.11. The van der Waals surface area contributed by atoms with Gasteiger partial charge in [-0.2, -0.15) is 0 Å². The van der Waals surface area contributed by atoms with Crippen molar-refractivity contribution in [2.75, 3.05) is 10.8 Å². The summed E-state index contributed by atoms with van der Waals surface area (Å²) in [6.45, 7) is -0.628. The first-order valence-electron chi connectivity index (χ1n) is 15.5. The van der Waals surface area contributed by atoms with Crippen molar-refractivity contribution in [3.05, 3.63) is 129 Å². The first-order valence-corrected chi connectivity index (χ1v) is 18.1. The smallest absolute Gasteiger partial charge is 0.264 e. The maximum Gasteiger partial charge on any atom is 0.264 e. The van der Waals surface area contributed by atoms with E-state index in [0.29, 0.717) is 10.6 Å². The predicted octanol–water partition coefficient (Wildman–Crippen LogP) is 7.93. The second kappa shape index (κ2) is 16.0. The number of sulfonamides is 1. The van der Waals surface area contributed by atoms with E-state index in [0.717, 1.165) is 42.0 Å². The molecule has 0 aliphatic heterocycles. The van der Waals surface area contributed by atoms with Gasteiger partial charge in [0.25, 0.3) is 10.0 Å². The first-order chi connectivity index (χ1) is 22.6. The quantitative estimate of drug-likeness (QED) is 0.162. The number of halogens is 3. The highest BCUT2D eigenvalue weighted by atomic mass is 35.5. The molecule has 4 aromatic carbocycles. The number of carbonyl (C=O) groups is 2. The summed E-state index contributed by atoms with van der Waals surface area (Å²) in [6, 6.07) is 27.8. The first kappa shape index (κ1) is 34.8. The van der Waals surface area contributed by atoms with Gasteiger partial charge in [0, 0.05) is 29.1 Å². The lowest BCUT2D eigenvalue weighted by molar-refractivity contribution is -0.140. The van der Waals surface area contributed by atoms with Crippen LogP contribution in [0.3, 0.4) is 0 Å². The zero-order valence-corrected chi connectivity index (χ0v) is 28.8. The molecule has 0 spiro atoms. The van der Waals surface area contributed by atoms with Gasteiger partial charge in [0.2, 0.25) is 11.8 Å². The van der Waals surface area contributed by atoms with Crippen LogP contribution < -0.4 is 9.62 Å². The van der Waals surface area contributed by atoms with Crippen LogP contribution >= 0.6 is 34.8 Å². The van der Waals surface area contributed by atoms with Crippen LogP contribution in [0.5, 0.6) is 0 Å². The highest BCUT2D eigenvalue weighted by Crippen LogP contribution is 2.33. The summed E-state index contributed by atoms with van der Waals surface area (Å²) in [4.78, 5) is 30.3. The van der Waals surface area contributed by atoms with Gasteiger partial charge in [-0.3, -0.25) is 13.9 Å². The van der Waals surface area contributed by atoms with E-state index in [-0.39, 0.29) is 45.5 Å². The lowest BCUT2D eigenvalue weighted by atomic mass is 9.94. The highest BCUT2D eigenvalue weighted by Gasteiger charge is 2.36. The Kier molecular flexibility index (Phi) is 11.9. The molecule has 0 aromatic heterocycles. The van der Waals surface area contributed by atoms with Crippen LogP contribution in [-0.4, -0.2) is 43.8 Å². The number of hydrogen-bond donors (Lipinski definition) is 1. The standard InChI is InChI=1S/C36H36Cl3N3O4S/c37-28-14-10-13-27(21-28)24-41(34(22-26-11-4-1-5-12-26)36(44)40-30-15-6-2-7-16-30)35(43)25-42(33-23-29(38)19-20-32(33)39)47(45,46)31-17-8-3-9-18-31/h1,3-5,8-14,17-21,23,30,34H,2,6-7,15-16,22,24-25H2,(H,40,44). The SMILES string of the molecule is O=C(NC1CCCCC1)C(Cc1ccccc1)N(Cc1cccc(Cl)c1)C(=O)CN(c1cc(Cl)ccc1Cl)S(=O)(=O)c1ccccc1. The van der Waals surface area contributed by atoms with E-state index in [1.807, 2.05) is 36.4 Å². The summed E-state index contributed by atoms with van der Waals surface area (Å²) in [5, 5.41) is 4.01. The Morgan fingerprint density at radius 1 is 0.766 bits per heavy atom. The molecule has 11 heteroatoms. The minimum absolute atomic E-state index is 0.00197. The molecule has 246 valence electrons. The molecule has 0 radical (unpaired) electrons. The number of amides is 2. The Morgan fingerprint density at radius 3 is 2.09 bits per heavy atom. The van der Waals surface area contributed by atoms with Gasteiger partial charge >= 0.3 is 0 Å². The molecule has 1 unspecified atom stereocenters. The summed E-state index contributed by atoms with van der Waals surface area (Å²) >= 11 is 19.2. The van der Waals surface area contributed by atoms with E-state index >= 15 is 0 Å². The Hall–Kier alpha value is -3.56. The third-order valence-electron chi connectivity index (χ3n) is 8.25. The van der Waals surface area contributed by atoms with E-state index in [1.54, 1.807) is 42.5 Å². The van der Waals surface area contributed by atoms with Crippen molar-refractivity contribution in [3.63, 3.8) is 0 Å². The molecule has 0 heterocycles. The fourth-order valence-electron chi connectivity index (χ4n) is 5.84. The van der Waals surface area contributed by atoms with E-state index in [2.05, 4.69) is 5.32 Å². The summed E-state index contributed by atoms with van der Waals surface area (Å²) in [7, 11) is -4.31. The minimum Gasteiger partial charge on any atom is -0.352 e. The van der Waals surface area contributed by atoms with Crippen LogP contribution in [0, 0.1) is 0 Å². The second-order valence-corrected chi connectivity index (χ2v) is 14.8.